The summed E-state index contributed by atoms with van der Waals surface area (Å²) in [7, 11) is -4.30. The quantitative estimate of drug-likeness (QED) is 0.811. The summed E-state index contributed by atoms with van der Waals surface area (Å²) in [6.07, 6.45) is -5.83. The third-order valence-corrected chi connectivity index (χ3v) is 3.73. The van der Waals surface area contributed by atoms with Crippen molar-refractivity contribution in [3.63, 3.8) is 0 Å². The molecule has 0 saturated heterocycles. The molecule has 0 aliphatic heterocycles. The van der Waals surface area contributed by atoms with Crippen LogP contribution in [0.25, 0.3) is 0 Å². The standard InChI is InChI=1S/C10H11F4NO3S/c11-8-2-1-7(6-16)9(5-8)19(17,18)15-4-3-10(12,13)14/h1-2,5,15-16H,3-4,6H2. The minimum absolute atomic E-state index is 0.0964. The summed E-state index contributed by atoms with van der Waals surface area (Å²) in [5.41, 5.74) is -0.0964. The van der Waals surface area contributed by atoms with Crippen LogP contribution >= 0.6 is 0 Å². The average Bonchev–Trinajstić information content (AvgIpc) is 2.27. The lowest BCUT2D eigenvalue weighted by molar-refractivity contribution is -0.132. The molecule has 0 heterocycles. The zero-order chi connectivity index (χ0) is 14.7. The fourth-order valence-corrected chi connectivity index (χ4v) is 2.59. The second-order valence-electron chi connectivity index (χ2n) is 3.67. The first kappa shape index (κ1) is 15.9. The lowest BCUT2D eigenvalue weighted by Gasteiger charge is -2.11. The SMILES string of the molecule is O=S(=O)(NCCC(F)(F)F)c1cc(F)ccc1CO. The van der Waals surface area contributed by atoms with Crippen LogP contribution in [0, 0.1) is 5.82 Å². The molecule has 0 radical (unpaired) electrons. The van der Waals surface area contributed by atoms with Gasteiger partial charge in [0, 0.05) is 6.54 Å². The highest BCUT2D eigenvalue weighted by Gasteiger charge is 2.28. The monoisotopic (exact) mass is 301 g/mol. The highest BCUT2D eigenvalue weighted by Crippen LogP contribution is 2.20. The Morgan fingerprint density at radius 3 is 2.42 bits per heavy atom. The molecule has 2 N–H and O–H groups in total. The molecule has 1 rings (SSSR count). The summed E-state index contributed by atoms with van der Waals surface area (Å²) in [5.74, 6) is -0.867. The van der Waals surface area contributed by atoms with E-state index in [1.807, 2.05) is 0 Å². The normalized spacial score (nSPS) is 12.7. The number of sulfonamides is 1. The van der Waals surface area contributed by atoms with Gasteiger partial charge in [-0.25, -0.2) is 17.5 Å². The number of benzene rings is 1. The number of rotatable bonds is 5. The number of hydrogen-bond donors (Lipinski definition) is 2. The van der Waals surface area contributed by atoms with Gasteiger partial charge in [0.2, 0.25) is 10.0 Å². The van der Waals surface area contributed by atoms with Gasteiger partial charge in [0.15, 0.2) is 0 Å². The second-order valence-corrected chi connectivity index (χ2v) is 5.41. The van der Waals surface area contributed by atoms with E-state index in [-0.39, 0.29) is 5.56 Å². The lowest BCUT2D eigenvalue weighted by Crippen LogP contribution is -2.29. The fraction of sp³-hybridized carbons (Fsp3) is 0.400. The summed E-state index contributed by atoms with van der Waals surface area (Å²) in [5, 5.41) is 8.93. The number of nitrogens with one attached hydrogen (secondary N) is 1. The van der Waals surface area contributed by atoms with Gasteiger partial charge in [-0.3, -0.25) is 0 Å². The van der Waals surface area contributed by atoms with Crippen molar-refractivity contribution in [3.05, 3.63) is 29.6 Å². The molecule has 0 spiro atoms. The summed E-state index contributed by atoms with van der Waals surface area (Å²) in [4.78, 5) is -0.572. The molecule has 1 aromatic rings. The van der Waals surface area contributed by atoms with E-state index in [0.717, 1.165) is 12.1 Å². The van der Waals surface area contributed by atoms with Gasteiger partial charge in [-0.15, -0.1) is 0 Å². The first-order valence-corrected chi connectivity index (χ1v) is 6.60. The Balaban J connectivity index is 2.91. The highest BCUT2D eigenvalue weighted by atomic mass is 32.2. The number of aliphatic hydroxyl groups excluding tert-OH is 1. The van der Waals surface area contributed by atoms with Gasteiger partial charge >= 0.3 is 6.18 Å². The van der Waals surface area contributed by atoms with Gasteiger partial charge in [-0.2, -0.15) is 13.2 Å². The van der Waals surface area contributed by atoms with Crippen LogP contribution in [0.15, 0.2) is 23.1 Å². The van der Waals surface area contributed by atoms with E-state index < -0.39 is 46.5 Å². The summed E-state index contributed by atoms with van der Waals surface area (Å²) in [6.45, 7) is -1.52. The Morgan fingerprint density at radius 2 is 1.89 bits per heavy atom. The molecule has 0 bridgehead atoms. The molecule has 9 heteroatoms. The molecule has 0 saturated carbocycles. The summed E-state index contributed by atoms with van der Waals surface area (Å²) in [6, 6.07) is 2.63. The molecular formula is C10H11F4NO3S. The molecular weight excluding hydrogens is 290 g/mol. The Morgan fingerprint density at radius 1 is 1.26 bits per heavy atom. The second kappa shape index (κ2) is 5.85. The van der Waals surface area contributed by atoms with Crippen molar-refractivity contribution >= 4 is 10.0 Å². The first-order chi connectivity index (χ1) is 8.65. The van der Waals surface area contributed by atoms with Gasteiger partial charge < -0.3 is 5.11 Å². The van der Waals surface area contributed by atoms with E-state index in [1.165, 1.54) is 0 Å². The van der Waals surface area contributed by atoms with Gasteiger partial charge in [0.25, 0.3) is 0 Å². The lowest BCUT2D eigenvalue weighted by atomic mass is 10.2. The number of halogens is 4. The molecule has 4 nitrogen and oxygen atoms in total. The van der Waals surface area contributed by atoms with Crippen LogP contribution in [0.3, 0.4) is 0 Å². The minimum Gasteiger partial charge on any atom is -0.392 e. The smallest absolute Gasteiger partial charge is 0.390 e. The largest absolute Gasteiger partial charge is 0.392 e. The molecule has 0 amide bonds. The van der Waals surface area contributed by atoms with Crippen LogP contribution in [0.4, 0.5) is 17.6 Å². The van der Waals surface area contributed by atoms with E-state index in [1.54, 1.807) is 4.72 Å². The maximum atomic E-state index is 13.0. The zero-order valence-corrected chi connectivity index (χ0v) is 10.4. The molecule has 0 aliphatic carbocycles. The van der Waals surface area contributed by atoms with E-state index in [9.17, 15) is 26.0 Å². The fourth-order valence-electron chi connectivity index (χ4n) is 1.31. The summed E-state index contributed by atoms with van der Waals surface area (Å²) < 4.78 is 73.8. The van der Waals surface area contributed by atoms with E-state index in [0.29, 0.717) is 6.07 Å². The molecule has 19 heavy (non-hydrogen) atoms. The Labute approximate surface area is 107 Å². The molecule has 0 aromatic heterocycles. The van der Waals surface area contributed by atoms with Crippen LogP contribution in [-0.4, -0.2) is 26.2 Å². The van der Waals surface area contributed by atoms with Gasteiger partial charge in [-0.05, 0) is 17.7 Å². The maximum absolute atomic E-state index is 13.0. The van der Waals surface area contributed by atoms with Crippen molar-refractivity contribution < 1.29 is 31.1 Å². The third-order valence-electron chi connectivity index (χ3n) is 2.19. The van der Waals surface area contributed by atoms with Crippen molar-refractivity contribution in [2.45, 2.75) is 24.1 Å². The number of alkyl halides is 3. The predicted molar refractivity (Wildman–Crippen MR) is 58.2 cm³/mol. The molecule has 1 aromatic carbocycles. The van der Waals surface area contributed by atoms with Crippen LogP contribution in [-0.2, 0) is 16.6 Å². The van der Waals surface area contributed by atoms with Gasteiger partial charge in [0.05, 0.1) is 17.9 Å². The van der Waals surface area contributed by atoms with Crippen LogP contribution in [0.2, 0.25) is 0 Å². The number of aliphatic hydroxyl groups is 1. The highest BCUT2D eigenvalue weighted by molar-refractivity contribution is 7.89. The molecule has 0 unspecified atom stereocenters. The first-order valence-electron chi connectivity index (χ1n) is 5.11. The minimum atomic E-state index is -4.50. The maximum Gasteiger partial charge on any atom is 0.390 e. The van der Waals surface area contributed by atoms with E-state index in [2.05, 4.69) is 0 Å². The van der Waals surface area contributed by atoms with Gasteiger partial charge in [0.1, 0.15) is 5.82 Å². The topological polar surface area (TPSA) is 66.4 Å². The Hall–Kier alpha value is -1.19. The third kappa shape index (κ3) is 4.77. The summed E-state index contributed by atoms with van der Waals surface area (Å²) >= 11 is 0. The van der Waals surface area contributed by atoms with Crippen molar-refractivity contribution in [1.29, 1.82) is 0 Å². The van der Waals surface area contributed by atoms with Crippen molar-refractivity contribution in [2.75, 3.05) is 6.54 Å². The van der Waals surface area contributed by atoms with Crippen molar-refractivity contribution in [1.82, 2.24) is 4.72 Å². The Kier molecular flexibility index (Phi) is 4.88. The predicted octanol–water partition coefficient (Wildman–Crippen LogP) is 1.55. The van der Waals surface area contributed by atoms with Crippen LogP contribution < -0.4 is 4.72 Å². The average molecular weight is 301 g/mol. The molecule has 108 valence electrons. The molecule has 0 fully saturated rings. The van der Waals surface area contributed by atoms with E-state index in [4.69, 9.17) is 5.11 Å². The Bertz CT molecular complexity index is 542. The van der Waals surface area contributed by atoms with Crippen molar-refractivity contribution in [3.8, 4) is 0 Å². The number of hydrogen-bond acceptors (Lipinski definition) is 3. The molecule has 0 atom stereocenters. The molecule has 0 aliphatic rings. The zero-order valence-electron chi connectivity index (χ0n) is 9.54. The van der Waals surface area contributed by atoms with Crippen molar-refractivity contribution in [2.24, 2.45) is 0 Å². The van der Waals surface area contributed by atoms with Crippen LogP contribution in [0.1, 0.15) is 12.0 Å². The van der Waals surface area contributed by atoms with Crippen LogP contribution in [0.5, 0.6) is 0 Å². The van der Waals surface area contributed by atoms with Gasteiger partial charge in [-0.1, -0.05) is 6.07 Å². The van der Waals surface area contributed by atoms with E-state index >= 15 is 0 Å².